The Hall–Kier alpha value is -3.67. The van der Waals surface area contributed by atoms with Gasteiger partial charge in [-0.25, -0.2) is 0 Å². The van der Waals surface area contributed by atoms with Crippen LogP contribution in [0, 0.1) is 13.8 Å². The standard InChI is InChI=1S/C28H31NO5/c1-18-11-19(2)13-23(12-18)34-17-25-24-16-27(33-5)26(32-4)15-20(24)9-10-29(25)28(30)21-7-6-8-22(14-21)31-3/h6-8,11-16,25H,9-10,17H2,1-5H3/t25-/m1/s1. The zero-order chi connectivity index (χ0) is 24.2. The summed E-state index contributed by atoms with van der Waals surface area (Å²) in [5.41, 5.74) is 4.98. The molecule has 0 bridgehead atoms. The third-order valence-corrected chi connectivity index (χ3v) is 6.18. The molecular weight excluding hydrogens is 430 g/mol. The van der Waals surface area contributed by atoms with E-state index in [1.165, 1.54) is 0 Å². The number of carbonyl (C=O) groups is 1. The minimum absolute atomic E-state index is 0.0617. The summed E-state index contributed by atoms with van der Waals surface area (Å²) in [4.78, 5) is 15.5. The van der Waals surface area contributed by atoms with Crippen molar-refractivity contribution in [3.63, 3.8) is 0 Å². The Kier molecular flexibility index (Phi) is 6.96. The van der Waals surface area contributed by atoms with Gasteiger partial charge >= 0.3 is 0 Å². The summed E-state index contributed by atoms with van der Waals surface area (Å²) < 4.78 is 22.7. The molecule has 0 N–H and O–H groups in total. The minimum Gasteiger partial charge on any atom is -0.497 e. The van der Waals surface area contributed by atoms with Crippen molar-refractivity contribution in [1.29, 1.82) is 0 Å². The van der Waals surface area contributed by atoms with Gasteiger partial charge in [0.05, 0.1) is 27.4 Å². The predicted molar refractivity (Wildman–Crippen MR) is 131 cm³/mol. The largest absolute Gasteiger partial charge is 0.497 e. The van der Waals surface area contributed by atoms with Crippen molar-refractivity contribution in [2.75, 3.05) is 34.5 Å². The molecule has 1 aliphatic heterocycles. The van der Waals surface area contributed by atoms with Crippen molar-refractivity contribution in [1.82, 2.24) is 4.90 Å². The molecular formula is C28H31NO5. The smallest absolute Gasteiger partial charge is 0.254 e. The Labute approximate surface area is 201 Å². The third kappa shape index (κ3) is 4.81. The summed E-state index contributed by atoms with van der Waals surface area (Å²) in [5.74, 6) is 2.70. The highest BCUT2D eigenvalue weighted by atomic mass is 16.5. The molecule has 0 saturated heterocycles. The number of benzene rings is 3. The molecule has 0 aliphatic carbocycles. The number of methoxy groups -OCH3 is 3. The number of hydrogen-bond acceptors (Lipinski definition) is 5. The number of carbonyl (C=O) groups excluding carboxylic acids is 1. The number of rotatable bonds is 7. The molecule has 4 rings (SSSR count). The highest BCUT2D eigenvalue weighted by Crippen LogP contribution is 2.39. The molecule has 34 heavy (non-hydrogen) atoms. The molecule has 0 spiro atoms. The fourth-order valence-corrected chi connectivity index (χ4v) is 4.56. The minimum atomic E-state index is -0.289. The quantitative estimate of drug-likeness (QED) is 0.487. The van der Waals surface area contributed by atoms with Gasteiger partial charge in [-0.1, -0.05) is 12.1 Å². The molecule has 6 heteroatoms. The first-order chi connectivity index (χ1) is 16.4. The van der Waals surface area contributed by atoms with E-state index in [4.69, 9.17) is 18.9 Å². The van der Waals surface area contributed by atoms with E-state index in [1.807, 2.05) is 61.2 Å². The van der Waals surface area contributed by atoms with Gasteiger partial charge in [0.15, 0.2) is 11.5 Å². The fourth-order valence-electron chi connectivity index (χ4n) is 4.56. The van der Waals surface area contributed by atoms with Crippen LogP contribution < -0.4 is 18.9 Å². The number of hydrogen-bond donors (Lipinski definition) is 0. The van der Waals surface area contributed by atoms with Crippen LogP contribution in [0.25, 0.3) is 0 Å². The van der Waals surface area contributed by atoms with Gasteiger partial charge in [0.25, 0.3) is 5.91 Å². The van der Waals surface area contributed by atoms with E-state index in [2.05, 4.69) is 6.07 Å². The molecule has 0 aromatic heterocycles. The van der Waals surface area contributed by atoms with Gasteiger partial charge in [-0.3, -0.25) is 4.79 Å². The molecule has 6 nitrogen and oxygen atoms in total. The van der Waals surface area contributed by atoms with Crippen LogP contribution in [0.4, 0.5) is 0 Å². The second kappa shape index (κ2) is 10.1. The van der Waals surface area contributed by atoms with E-state index >= 15 is 0 Å². The zero-order valence-electron chi connectivity index (χ0n) is 20.4. The molecule has 1 aliphatic rings. The molecule has 0 saturated carbocycles. The lowest BCUT2D eigenvalue weighted by molar-refractivity contribution is 0.0589. The number of nitrogens with zero attached hydrogens (tertiary/aromatic N) is 1. The fraction of sp³-hybridized carbons (Fsp3) is 0.321. The van der Waals surface area contributed by atoms with Gasteiger partial charge in [-0.15, -0.1) is 0 Å². The van der Waals surface area contributed by atoms with Crippen LogP contribution in [-0.2, 0) is 6.42 Å². The molecule has 1 atom stereocenters. The lowest BCUT2D eigenvalue weighted by Gasteiger charge is -2.37. The highest BCUT2D eigenvalue weighted by molar-refractivity contribution is 5.95. The number of fused-ring (bicyclic) bond motifs is 1. The van der Waals surface area contributed by atoms with Gasteiger partial charge in [0.2, 0.25) is 0 Å². The van der Waals surface area contributed by atoms with Gasteiger partial charge in [0.1, 0.15) is 18.1 Å². The van der Waals surface area contributed by atoms with E-state index in [9.17, 15) is 4.79 Å². The Balaban J connectivity index is 1.72. The number of ether oxygens (including phenoxy) is 4. The second-order valence-corrected chi connectivity index (χ2v) is 8.54. The summed E-state index contributed by atoms with van der Waals surface area (Å²) in [7, 11) is 4.85. The molecule has 1 amide bonds. The lowest BCUT2D eigenvalue weighted by atomic mass is 9.91. The normalized spacial score (nSPS) is 14.9. The van der Waals surface area contributed by atoms with Crippen molar-refractivity contribution in [3.05, 3.63) is 82.4 Å². The van der Waals surface area contributed by atoms with Crippen LogP contribution in [0.2, 0.25) is 0 Å². The first-order valence-electron chi connectivity index (χ1n) is 11.3. The zero-order valence-corrected chi connectivity index (χ0v) is 20.4. The van der Waals surface area contributed by atoms with Crippen LogP contribution in [0.5, 0.6) is 23.0 Å². The van der Waals surface area contributed by atoms with Crippen LogP contribution in [0.3, 0.4) is 0 Å². The summed E-state index contributed by atoms with van der Waals surface area (Å²) >= 11 is 0. The maximum atomic E-state index is 13.6. The van der Waals surface area contributed by atoms with Gasteiger partial charge < -0.3 is 23.8 Å². The summed E-state index contributed by atoms with van der Waals surface area (Å²) in [6.45, 7) is 4.98. The first-order valence-corrected chi connectivity index (χ1v) is 11.3. The van der Waals surface area contributed by atoms with E-state index in [1.54, 1.807) is 27.4 Å². The van der Waals surface area contributed by atoms with Crippen molar-refractivity contribution < 1.29 is 23.7 Å². The molecule has 178 valence electrons. The Morgan fingerprint density at radius 1 is 0.882 bits per heavy atom. The molecule has 3 aromatic carbocycles. The SMILES string of the molecule is COc1cccc(C(=O)N2CCc3cc(OC)c(OC)cc3[C@H]2COc2cc(C)cc(C)c2)c1. The van der Waals surface area contributed by atoms with Gasteiger partial charge in [-0.05, 0) is 85.0 Å². The predicted octanol–water partition coefficient (Wildman–Crippen LogP) is 5.15. The number of amides is 1. The third-order valence-electron chi connectivity index (χ3n) is 6.18. The van der Waals surface area contributed by atoms with Crippen LogP contribution >= 0.6 is 0 Å². The summed E-state index contributed by atoms with van der Waals surface area (Å²) in [5, 5.41) is 0. The average Bonchev–Trinajstić information content (AvgIpc) is 2.85. The van der Waals surface area contributed by atoms with Crippen molar-refractivity contribution in [2.24, 2.45) is 0 Å². The molecule has 3 aromatic rings. The lowest BCUT2D eigenvalue weighted by Crippen LogP contribution is -2.42. The van der Waals surface area contributed by atoms with Crippen LogP contribution in [-0.4, -0.2) is 45.3 Å². The van der Waals surface area contributed by atoms with E-state index < -0.39 is 0 Å². The average molecular weight is 462 g/mol. The Morgan fingerprint density at radius 3 is 2.26 bits per heavy atom. The van der Waals surface area contributed by atoms with Crippen LogP contribution in [0.15, 0.2) is 54.6 Å². The van der Waals surface area contributed by atoms with E-state index in [0.29, 0.717) is 42.4 Å². The van der Waals surface area contributed by atoms with Gasteiger partial charge in [0, 0.05) is 12.1 Å². The number of aryl methyl sites for hydroxylation is 2. The van der Waals surface area contributed by atoms with Crippen molar-refractivity contribution in [2.45, 2.75) is 26.3 Å². The van der Waals surface area contributed by atoms with E-state index in [0.717, 1.165) is 28.0 Å². The Morgan fingerprint density at radius 2 is 1.59 bits per heavy atom. The van der Waals surface area contributed by atoms with Crippen molar-refractivity contribution in [3.8, 4) is 23.0 Å². The van der Waals surface area contributed by atoms with Crippen LogP contribution in [0.1, 0.15) is 38.7 Å². The molecule has 0 unspecified atom stereocenters. The topological polar surface area (TPSA) is 57.2 Å². The second-order valence-electron chi connectivity index (χ2n) is 8.54. The first kappa shape index (κ1) is 23.5. The molecule has 0 radical (unpaired) electrons. The highest BCUT2D eigenvalue weighted by Gasteiger charge is 2.33. The summed E-state index contributed by atoms with van der Waals surface area (Å²) in [6.07, 6.45) is 0.714. The van der Waals surface area contributed by atoms with E-state index in [-0.39, 0.29) is 11.9 Å². The van der Waals surface area contributed by atoms with Gasteiger partial charge in [-0.2, -0.15) is 0 Å². The Bertz CT molecular complexity index is 1170. The van der Waals surface area contributed by atoms with Crippen molar-refractivity contribution >= 4 is 5.91 Å². The monoisotopic (exact) mass is 461 g/mol. The molecule has 1 heterocycles. The maximum Gasteiger partial charge on any atom is 0.254 e. The maximum absolute atomic E-state index is 13.6. The molecule has 0 fully saturated rings. The summed E-state index contributed by atoms with van der Waals surface area (Å²) in [6, 6.07) is 17.1.